The number of carboxylic acid groups (broad SMARTS) is 1. The van der Waals surface area contributed by atoms with Gasteiger partial charge in [0.15, 0.2) is 0 Å². The van der Waals surface area contributed by atoms with Crippen LogP contribution in [0.5, 0.6) is 0 Å². The highest BCUT2D eigenvalue weighted by Gasteiger charge is 2.29. The predicted molar refractivity (Wildman–Crippen MR) is 76.5 cm³/mol. The van der Waals surface area contributed by atoms with E-state index in [2.05, 4.69) is 28.7 Å². The van der Waals surface area contributed by atoms with Gasteiger partial charge >= 0.3 is 5.97 Å². The van der Waals surface area contributed by atoms with Crippen LogP contribution >= 0.6 is 0 Å². The molecule has 1 atom stereocenters. The Hall–Kier alpha value is -1.49. The molecule has 1 N–H and O–H groups in total. The first-order valence-electron chi connectivity index (χ1n) is 7.29. The first-order chi connectivity index (χ1) is 9.47. The molecule has 0 bridgehead atoms. The number of aryl methyl sites for hydroxylation is 2. The van der Waals surface area contributed by atoms with Crippen molar-refractivity contribution in [3.63, 3.8) is 0 Å². The number of aromatic nitrogens is 2. The molecule has 0 aliphatic carbocycles. The third-order valence-corrected chi connectivity index (χ3v) is 3.80. The molecule has 1 fully saturated rings. The van der Waals surface area contributed by atoms with Gasteiger partial charge in [-0.2, -0.15) is 0 Å². The molecule has 20 heavy (non-hydrogen) atoms. The van der Waals surface area contributed by atoms with Crippen LogP contribution in [0.3, 0.4) is 0 Å². The number of hydrogen-bond donors (Lipinski definition) is 1. The van der Waals surface area contributed by atoms with Crippen LogP contribution in [0.4, 0.5) is 0 Å². The lowest BCUT2D eigenvalue weighted by Gasteiger charge is -2.28. The van der Waals surface area contributed by atoms with E-state index < -0.39 is 5.97 Å². The third-order valence-electron chi connectivity index (χ3n) is 3.80. The van der Waals surface area contributed by atoms with Crippen molar-refractivity contribution in [2.75, 3.05) is 6.54 Å². The van der Waals surface area contributed by atoms with Crippen molar-refractivity contribution in [2.24, 2.45) is 0 Å². The summed E-state index contributed by atoms with van der Waals surface area (Å²) < 4.78 is 0. The van der Waals surface area contributed by atoms with E-state index in [1.54, 1.807) is 0 Å². The van der Waals surface area contributed by atoms with E-state index in [1.165, 1.54) is 6.42 Å². The van der Waals surface area contributed by atoms with Crippen molar-refractivity contribution in [1.29, 1.82) is 0 Å². The van der Waals surface area contributed by atoms with Crippen LogP contribution < -0.4 is 0 Å². The maximum atomic E-state index is 10.7. The number of carboxylic acids is 1. The molecule has 1 unspecified atom stereocenters. The van der Waals surface area contributed by atoms with Gasteiger partial charge < -0.3 is 5.11 Å². The average Bonchev–Trinajstić information content (AvgIpc) is 2.85. The number of nitrogens with zero attached hydrogens (tertiary/aromatic N) is 3. The van der Waals surface area contributed by atoms with Gasteiger partial charge in [0.05, 0.1) is 18.2 Å². The van der Waals surface area contributed by atoms with E-state index in [9.17, 15) is 4.79 Å². The molecule has 1 aliphatic heterocycles. The standard InChI is InChI=1S/C15H23N3O2/c1-10(2)18-8-4-5-14(18)13-9-12(6-7-15(19)20)16-11(3)17-13/h9-10,14H,4-8H2,1-3H3,(H,19,20). The molecule has 1 aliphatic rings. The minimum atomic E-state index is -0.785. The van der Waals surface area contributed by atoms with E-state index in [-0.39, 0.29) is 6.42 Å². The van der Waals surface area contributed by atoms with E-state index in [1.807, 2.05) is 13.0 Å². The van der Waals surface area contributed by atoms with Gasteiger partial charge in [-0.05, 0) is 46.2 Å². The van der Waals surface area contributed by atoms with Crippen molar-refractivity contribution in [1.82, 2.24) is 14.9 Å². The fourth-order valence-corrected chi connectivity index (χ4v) is 2.91. The van der Waals surface area contributed by atoms with E-state index >= 15 is 0 Å². The molecular formula is C15H23N3O2. The molecule has 5 heteroatoms. The summed E-state index contributed by atoms with van der Waals surface area (Å²) in [5, 5.41) is 8.79. The molecule has 110 valence electrons. The first-order valence-corrected chi connectivity index (χ1v) is 7.29. The van der Waals surface area contributed by atoms with Crippen LogP contribution in [-0.2, 0) is 11.2 Å². The largest absolute Gasteiger partial charge is 0.481 e. The van der Waals surface area contributed by atoms with Crippen LogP contribution in [0.1, 0.15) is 56.4 Å². The molecule has 1 aromatic rings. The molecule has 1 saturated heterocycles. The quantitative estimate of drug-likeness (QED) is 0.895. The summed E-state index contributed by atoms with van der Waals surface area (Å²) in [4.78, 5) is 22.1. The number of likely N-dealkylation sites (tertiary alicyclic amines) is 1. The zero-order chi connectivity index (χ0) is 14.7. The molecule has 2 rings (SSSR count). The Morgan fingerprint density at radius 2 is 2.25 bits per heavy atom. The molecule has 2 heterocycles. The van der Waals surface area contributed by atoms with Gasteiger partial charge in [0.2, 0.25) is 0 Å². The van der Waals surface area contributed by atoms with Crippen LogP contribution in [0, 0.1) is 6.92 Å². The molecule has 0 saturated carbocycles. The topological polar surface area (TPSA) is 66.3 Å². The first kappa shape index (κ1) is 14.9. The maximum absolute atomic E-state index is 10.7. The molecule has 0 amide bonds. The second kappa shape index (κ2) is 6.31. The van der Waals surface area contributed by atoms with E-state index in [4.69, 9.17) is 5.11 Å². The highest BCUT2D eigenvalue weighted by molar-refractivity contribution is 5.66. The Labute approximate surface area is 120 Å². The highest BCUT2D eigenvalue weighted by Crippen LogP contribution is 2.32. The summed E-state index contributed by atoms with van der Waals surface area (Å²) in [6.45, 7) is 7.40. The third kappa shape index (κ3) is 3.54. The average molecular weight is 277 g/mol. The number of rotatable bonds is 5. The number of aliphatic carboxylic acids is 1. The summed E-state index contributed by atoms with van der Waals surface area (Å²) in [5.41, 5.74) is 1.88. The van der Waals surface area contributed by atoms with E-state index in [0.717, 1.165) is 30.2 Å². The maximum Gasteiger partial charge on any atom is 0.303 e. The Morgan fingerprint density at radius 3 is 2.90 bits per heavy atom. The van der Waals surface area contributed by atoms with E-state index in [0.29, 0.717) is 18.5 Å². The van der Waals surface area contributed by atoms with Crippen molar-refractivity contribution in [3.05, 3.63) is 23.3 Å². The second-order valence-corrected chi connectivity index (χ2v) is 5.71. The van der Waals surface area contributed by atoms with Crippen LogP contribution in [0.25, 0.3) is 0 Å². The predicted octanol–water partition coefficient (Wildman–Crippen LogP) is 2.35. The normalized spacial score (nSPS) is 19.7. The van der Waals surface area contributed by atoms with Crippen LogP contribution in [-0.4, -0.2) is 38.5 Å². The van der Waals surface area contributed by atoms with Crippen molar-refractivity contribution >= 4 is 5.97 Å². The molecule has 0 radical (unpaired) electrons. The SMILES string of the molecule is Cc1nc(CCC(=O)O)cc(C2CCCN2C(C)C)n1. The smallest absolute Gasteiger partial charge is 0.303 e. The van der Waals surface area contributed by atoms with Crippen molar-refractivity contribution < 1.29 is 9.90 Å². The summed E-state index contributed by atoms with van der Waals surface area (Å²) in [6, 6.07) is 2.84. The fourth-order valence-electron chi connectivity index (χ4n) is 2.91. The zero-order valence-corrected chi connectivity index (χ0v) is 12.5. The Kier molecular flexibility index (Phi) is 4.70. The lowest BCUT2D eigenvalue weighted by atomic mass is 10.1. The number of hydrogen-bond acceptors (Lipinski definition) is 4. The minimum absolute atomic E-state index is 0.119. The van der Waals surface area contributed by atoms with Crippen LogP contribution in [0.2, 0.25) is 0 Å². The van der Waals surface area contributed by atoms with Crippen molar-refractivity contribution in [3.8, 4) is 0 Å². The molecule has 1 aromatic heterocycles. The van der Waals surface area contributed by atoms with Crippen LogP contribution in [0.15, 0.2) is 6.07 Å². The zero-order valence-electron chi connectivity index (χ0n) is 12.5. The summed E-state index contributed by atoms with van der Waals surface area (Å²) >= 11 is 0. The molecule has 0 aromatic carbocycles. The lowest BCUT2D eigenvalue weighted by molar-refractivity contribution is -0.136. The molecule has 5 nitrogen and oxygen atoms in total. The monoisotopic (exact) mass is 277 g/mol. The Morgan fingerprint density at radius 1 is 1.50 bits per heavy atom. The summed E-state index contributed by atoms with van der Waals surface area (Å²) in [5.74, 6) is -0.0500. The van der Waals surface area contributed by atoms with Gasteiger partial charge in [-0.1, -0.05) is 0 Å². The second-order valence-electron chi connectivity index (χ2n) is 5.71. The number of carbonyl (C=O) groups is 1. The summed E-state index contributed by atoms with van der Waals surface area (Å²) in [7, 11) is 0. The summed E-state index contributed by atoms with van der Waals surface area (Å²) in [6.07, 6.45) is 2.90. The Balaban J connectivity index is 2.20. The van der Waals surface area contributed by atoms with Gasteiger partial charge in [0.1, 0.15) is 5.82 Å². The van der Waals surface area contributed by atoms with Gasteiger partial charge in [0.25, 0.3) is 0 Å². The molecular weight excluding hydrogens is 254 g/mol. The van der Waals surface area contributed by atoms with Gasteiger partial charge in [-0.25, -0.2) is 9.97 Å². The fraction of sp³-hybridized carbons (Fsp3) is 0.667. The van der Waals surface area contributed by atoms with Crippen molar-refractivity contribution in [2.45, 2.75) is 58.5 Å². The Bertz CT molecular complexity index is 488. The van der Waals surface area contributed by atoms with Gasteiger partial charge in [0, 0.05) is 18.2 Å². The molecule has 0 spiro atoms. The minimum Gasteiger partial charge on any atom is -0.481 e. The highest BCUT2D eigenvalue weighted by atomic mass is 16.4. The van der Waals surface area contributed by atoms with Gasteiger partial charge in [-0.3, -0.25) is 9.69 Å². The lowest BCUT2D eigenvalue weighted by Crippen LogP contribution is -2.31. The van der Waals surface area contributed by atoms with Gasteiger partial charge in [-0.15, -0.1) is 0 Å².